The van der Waals surface area contributed by atoms with E-state index in [0.29, 0.717) is 17.7 Å². The normalized spacial score (nSPS) is 18.0. The maximum absolute atomic E-state index is 13.0. The van der Waals surface area contributed by atoms with Gasteiger partial charge in [0.15, 0.2) is 0 Å². The summed E-state index contributed by atoms with van der Waals surface area (Å²) >= 11 is 7.92. The Morgan fingerprint density at radius 1 is 1.16 bits per heavy atom. The summed E-state index contributed by atoms with van der Waals surface area (Å²) in [6, 6.07) is 16.0. The minimum Gasteiger partial charge on any atom is -0.489 e. The number of amides is 1. The van der Waals surface area contributed by atoms with Gasteiger partial charge in [0.1, 0.15) is 23.5 Å². The van der Waals surface area contributed by atoms with Gasteiger partial charge >= 0.3 is 0 Å². The van der Waals surface area contributed by atoms with Crippen LogP contribution in [0.1, 0.15) is 51.9 Å². The summed E-state index contributed by atoms with van der Waals surface area (Å²) in [7, 11) is 0. The van der Waals surface area contributed by atoms with Gasteiger partial charge in [0, 0.05) is 34.6 Å². The van der Waals surface area contributed by atoms with Crippen LogP contribution in [0.5, 0.6) is 5.75 Å². The molecular formula is C25H26ClN3O2S. The molecule has 0 saturated heterocycles. The molecule has 2 aliphatic heterocycles. The van der Waals surface area contributed by atoms with Crippen LogP contribution >= 0.6 is 22.9 Å². The second-order valence-electron chi connectivity index (χ2n) is 8.52. The van der Waals surface area contributed by atoms with Gasteiger partial charge in [-0.25, -0.2) is 0 Å². The Hall–Kier alpha value is -2.54. The molecule has 2 aromatic carbocycles. The molecule has 0 fully saturated rings. The minimum atomic E-state index is -0.256. The molecule has 1 amide bonds. The monoisotopic (exact) mass is 467 g/mol. The van der Waals surface area contributed by atoms with Crippen LogP contribution in [0.25, 0.3) is 0 Å². The molecular weight excluding hydrogens is 442 g/mol. The lowest BCUT2D eigenvalue weighted by atomic mass is 9.99. The van der Waals surface area contributed by atoms with Crippen LogP contribution in [0.2, 0.25) is 5.02 Å². The number of hydrogen-bond acceptors (Lipinski definition) is 5. The van der Waals surface area contributed by atoms with Crippen molar-refractivity contribution in [2.45, 2.75) is 45.6 Å². The number of benzene rings is 2. The zero-order chi connectivity index (χ0) is 22.2. The van der Waals surface area contributed by atoms with Crippen LogP contribution < -0.4 is 15.4 Å². The summed E-state index contributed by atoms with van der Waals surface area (Å²) in [6.07, 6.45) is 0.672. The van der Waals surface area contributed by atoms with Crippen molar-refractivity contribution in [1.82, 2.24) is 10.2 Å². The topological polar surface area (TPSA) is 53.6 Å². The van der Waals surface area contributed by atoms with Gasteiger partial charge in [-0.2, -0.15) is 0 Å². The molecule has 5 rings (SSSR count). The molecule has 5 nitrogen and oxygen atoms in total. The molecule has 0 saturated carbocycles. The Morgan fingerprint density at radius 3 is 2.69 bits per heavy atom. The Bertz CT molecular complexity index is 1140. The van der Waals surface area contributed by atoms with Crippen molar-refractivity contribution < 1.29 is 9.53 Å². The van der Waals surface area contributed by atoms with Crippen LogP contribution in [0.3, 0.4) is 0 Å². The van der Waals surface area contributed by atoms with Crippen LogP contribution in [0.4, 0.5) is 5.00 Å². The van der Waals surface area contributed by atoms with Crippen molar-refractivity contribution in [2.75, 3.05) is 11.9 Å². The molecule has 2 aliphatic rings. The third kappa shape index (κ3) is 4.10. The third-order valence-corrected chi connectivity index (χ3v) is 7.68. The Labute approximate surface area is 197 Å². The van der Waals surface area contributed by atoms with Crippen molar-refractivity contribution >= 4 is 33.8 Å². The summed E-state index contributed by atoms with van der Waals surface area (Å²) in [5.74, 6) is 0.773. The third-order valence-electron chi connectivity index (χ3n) is 6.16. The first kappa shape index (κ1) is 21.3. The first-order valence-corrected chi connectivity index (χ1v) is 12.1. The van der Waals surface area contributed by atoms with E-state index in [2.05, 4.69) is 29.4 Å². The highest BCUT2D eigenvalue weighted by molar-refractivity contribution is 7.16. The fourth-order valence-electron chi connectivity index (χ4n) is 4.28. The van der Waals surface area contributed by atoms with E-state index in [-0.39, 0.29) is 12.1 Å². The molecule has 1 aromatic heterocycles. The zero-order valence-corrected chi connectivity index (χ0v) is 19.7. The van der Waals surface area contributed by atoms with Crippen molar-refractivity contribution in [2.24, 2.45) is 0 Å². The van der Waals surface area contributed by atoms with Crippen LogP contribution in [-0.2, 0) is 19.6 Å². The molecule has 0 bridgehead atoms. The molecule has 166 valence electrons. The SMILES string of the molecule is CC(C)N1CCc2c(sc3c2C(=O)N[C@@H](c2ccc(OCc4ccccc4Cl)cc2)N3)C1. The van der Waals surface area contributed by atoms with E-state index in [9.17, 15) is 4.79 Å². The number of fused-ring (bicyclic) bond motifs is 3. The number of ether oxygens (including phenoxy) is 1. The molecule has 3 heterocycles. The van der Waals surface area contributed by atoms with E-state index in [4.69, 9.17) is 16.3 Å². The number of rotatable bonds is 5. The summed E-state index contributed by atoms with van der Waals surface area (Å²) < 4.78 is 5.88. The number of hydrogen-bond donors (Lipinski definition) is 2. The second kappa shape index (κ2) is 8.77. The largest absolute Gasteiger partial charge is 0.489 e. The van der Waals surface area contributed by atoms with Crippen LogP contribution in [-0.4, -0.2) is 23.4 Å². The van der Waals surface area contributed by atoms with Crippen molar-refractivity contribution in [3.8, 4) is 5.75 Å². The molecule has 0 aliphatic carbocycles. The summed E-state index contributed by atoms with van der Waals surface area (Å²) in [5, 5.41) is 8.35. The summed E-state index contributed by atoms with van der Waals surface area (Å²) in [5.41, 5.74) is 3.99. The van der Waals surface area contributed by atoms with E-state index in [0.717, 1.165) is 47.0 Å². The lowest BCUT2D eigenvalue weighted by Crippen LogP contribution is -2.39. The predicted molar refractivity (Wildman–Crippen MR) is 130 cm³/mol. The Balaban J connectivity index is 1.29. The summed E-state index contributed by atoms with van der Waals surface area (Å²) in [4.78, 5) is 16.7. The number of nitrogens with zero attached hydrogens (tertiary/aromatic N) is 1. The van der Waals surface area contributed by atoms with E-state index >= 15 is 0 Å². The molecule has 32 heavy (non-hydrogen) atoms. The van der Waals surface area contributed by atoms with Crippen LogP contribution in [0, 0.1) is 0 Å². The number of halogens is 1. The molecule has 1 atom stereocenters. The van der Waals surface area contributed by atoms with Gasteiger partial charge in [0.05, 0.1) is 5.56 Å². The van der Waals surface area contributed by atoms with Crippen molar-refractivity contribution in [3.05, 3.63) is 80.7 Å². The fourth-order valence-corrected chi connectivity index (χ4v) is 5.77. The zero-order valence-electron chi connectivity index (χ0n) is 18.2. The number of carbonyl (C=O) groups is 1. The highest BCUT2D eigenvalue weighted by atomic mass is 35.5. The number of carbonyl (C=O) groups excluding carboxylic acids is 1. The first-order chi connectivity index (χ1) is 15.5. The highest BCUT2D eigenvalue weighted by Crippen LogP contribution is 2.41. The molecule has 0 radical (unpaired) electrons. The van der Waals surface area contributed by atoms with Gasteiger partial charge < -0.3 is 15.4 Å². The number of nitrogens with one attached hydrogen (secondary N) is 2. The first-order valence-electron chi connectivity index (χ1n) is 10.9. The van der Waals surface area contributed by atoms with E-state index < -0.39 is 0 Å². The number of anilines is 1. The standard InChI is InChI=1S/C25H26ClN3O2S/c1-15(2)29-12-11-19-21(13-29)32-25-22(19)24(30)27-23(28-25)16-7-9-18(10-8-16)31-14-17-5-3-4-6-20(17)26/h3-10,15,23,28H,11-14H2,1-2H3,(H,27,30)/t23-/m1/s1. The molecule has 0 spiro atoms. The summed E-state index contributed by atoms with van der Waals surface area (Å²) in [6.45, 7) is 6.78. The molecule has 2 N–H and O–H groups in total. The molecule has 0 unspecified atom stereocenters. The predicted octanol–water partition coefficient (Wildman–Crippen LogP) is 5.60. The van der Waals surface area contributed by atoms with Gasteiger partial charge in [-0.3, -0.25) is 9.69 Å². The van der Waals surface area contributed by atoms with E-state index in [1.165, 1.54) is 10.4 Å². The van der Waals surface area contributed by atoms with Crippen LogP contribution in [0.15, 0.2) is 48.5 Å². The molecule has 7 heteroatoms. The lowest BCUT2D eigenvalue weighted by molar-refractivity contribution is 0.0934. The second-order valence-corrected chi connectivity index (χ2v) is 10.0. The maximum atomic E-state index is 13.0. The Morgan fingerprint density at radius 2 is 1.94 bits per heavy atom. The van der Waals surface area contributed by atoms with Crippen molar-refractivity contribution in [3.63, 3.8) is 0 Å². The average molecular weight is 468 g/mol. The van der Waals surface area contributed by atoms with Crippen molar-refractivity contribution in [1.29, 1.82) is 0 Å². The van der Waals surface area contributed by atoms with Gasteiger partial charge in [-0.05, 0) is 49.6 Å². The van der Waals surface area contributed by atoms with Gasteiger partial charge in [0.25, 0.3) is 5.91 Å². The smallest absolute Gasteiger partial charge is 0.256 e. The maximum Gasteiger partial charge on any atom is 0.256 e. The fraction of sp³-hybridized carbons (Fsp3) is 0.320. The molecule has 3 aromatic rings. The quantitative estimate of drug-likeness (QED) is 0.512. The van der Waals surface area contributed by atoms with Gasteiger partial charge in [0.2, 0.25) is 0 Å². The van der Waals surface area contributed by atoms with E-state index in [1.807, 2.05) is 48.5 Å². The van der Waals surface area contributed by atoms with Gasteiger partial charge in [-0.1, -0.05) is 41.9 Å². The highest BCUT2D eigenvalue weighted by Gasteiger charge is 2.33. The lowest BCUT2D eigenvalue weighted by Gasteiger charge is -2.31. The Kier molecular flexibility index (Phi) is 5.84. The average Bonchev–Trinajstić information content (AvgIpc) is 3.17. The van der Waals surface area contributed by atoms with Gasteiger partial charge in [-0.15, -0.1) is 11.3 Å². The minimum absolute atomic E-state index is 0.0123. The number of thiophene rings is 1. The van der Waals surface area contributed by atoms with E-state index in [1.54, 1.807) is 11.3 Å².